The van der Waals surface area contributed by atoms with E-state index >= 15 is 0 Å². The van der Waals surface area contributed by atoms with Gasteiger partial charge in [0, 0.05) is 25.0 Å². The van der Waals surface area contributed by atoms with Crippen molar-refractivity contribution in [3.05, 3.63) is 0 Å². The smallest absolute Gasteiger partial charge is 0.852 e. The van der Waals surface area contributed by atoms with E-state index in [1.165, 1.54) is 0 Å². The average molecular weight is 459 g/mol. The first-order valence-electron chi connectivity index (χ1n) is 10.9. The fourth-order valence-corrected chi connectivity index (χ4v) is 2.11. The monoisotopic (exact) mass is 458 g/mol. The molecule has 0 saturated heterocycles. The van der Waals surface area contributed by atoms with Crippen LogP contribution in [0.1, 0.15) is 93.9 Å². The quantitative estimate of drug-likeness (QED) is 0.370. The number of aliphatic hydroxyl groups is 4. The summed E-state index contributed by atoms with van der Waals surface area (Å²) in [6.07, 6.45) is 3.85. The van der Waals surface area contributed by atoms with Crippen molar-refractivity contribution in [2.24, 2.45) is 11.8 Å². The van der Waals surface area contributed by atoms with Gasteiger partial charge in [0.05, 0.1) is 12.2 Å². The largest absolute Gasteiger partial charge is 2.00 e. The number of rotatable bonds is 10. The summed E-state index contributed by atoms with van der Waals surface area (Å²) >= 11 is 0. The summed E-state index contributed by atoms with van der Waals surface area (Å²) in [5.74, 6) is 0.167. The minimum atomic E-state index is -0.417. The summed E-state index contributed by atoms with van der Waals surface area (Å²) in [4.78, 5) is 0. The van der Waals surface area contributed by atoms with E-state index in [0.29, 0.717) is 0 Å². The zero-order valence-electron chi connectivity index (χ0n) is 20.2. The van der Waals surface area contributed by atoms with E-state index in [9.17, 15) is 20.4 Å². The van der Waals surface area contributed by atoms with Crippen LogP contribution < -0.4 is 10.2 Å². The van der Waals surface area contributed by atoms with Gasteiger partial charge >= 0.3 is 21.7 Å². The van der Waals surface area contributed by atoms with Crippen molar-refractivity contribution >= 4 is 0 Å². The molecule has 0 rings (SSSR count). The van der Waals surface area contributed by atoms with E-state index in [-0.39, 0.29) is 59.0 Å². The molecule has 4 N–H and O–H groups in total. The van der Waals surface area contributed by atoms with Crippen LogP contribution in [0, 0.1) is 11.8 Å². The Morgan fingerprint density at radius 2 is 0.828 bits per heavy atom. The summed E-state index contributed by atoms with van der Waals surface area (Å²) in [6.45, 7) is 14.7. The Bertz CT molecular complexity index is 228. The molecule has 0 amide bonds. The molecule has 4 unspecified atom stereocenters. The maximum Gasteiger partial charge on any atom is 2.00 e. The first-order chi connectivity index (χ1) is 13.0. The van der Waals surface area contributed by atoms with Gasteiger partial charge in [0.25, 0.3) is 0 Å². The van der Waals surface area contributed by atoms with Crippen LogP contribution in [0.3, 0.4) is 0 Å². The van der Waals surface area contributed by atoms with Crippen LogP contribution in [0.4, 0.5) is 0 Å². The van der Waals surface area contributed by atoms with Crippen molar-refractivity contribution in [1.82, 2.24) is 0 Å². The third kappa shape index (κ3) is 39.5. The third-order valence-corrected chi connectivity index (χ3v) is 3.77. The van der Waals surface area contributed by atoms with Crippen molar-refractivity contribution in [1.29, 1.82) is 0 Å². The summed E-state index contributed by atoms with van der Waals surface area (Å²) in [5.41, 5.74) is 0. The normalized spacial score (nSPS) is 14.1. The van der Waals surface area contributed by atoms with Crippen LogP contribution in [0.2, 0.25) is 0 Å². The molecule has 6 nitrogen and oxygen atoms in total. The van der Waals surface area contributed by atoms with Gasteiger partial charge < -0.3 is 30.6 Å². The standard InChI is InChI=1S/2C8H18O2.2C3H7O.Ti/c2*1-3-5-8(10)7(4-2)6-9;2*1-3(2)4;/h2*7-10H,3-6H2,1-2H3;2*3H,1-2H3;/q;;2*-1;+2. The van der Waals surface area contributed by atoms with E-state index < -0.39 is 12.2 Å². The second-order valence-corrected chi connectivity index (χ2v) is 7.51. The zero-order chi connectivity index (χ0) is 23.1. The van der Waals surface area contributed by atoms with Gasteiger partial charge in [0.1, 0.15) is 0 Å². The van der Waals surface area contributed by atoms with Crippen LogP contribution in [-0.2, 0) is 21.7 Å². The zero-order valence-corrected chi connectivity index (χ0v) is 21.8. The molecule has 0 aromatic rings. The Labute approximate surface area is 195 Å². The van der Waals surface area contributed by atoms with Crippen molar-refractivity contribution in [2.45, 2.75) is 118 Å². The van der Waals surface area contributed by atoms with Gasteiger partial charge in [-0.05, 0) is 25.7 Å². The maximum absolute atomic E-state index is 9.53. The van der Waals surface area contributed by atoms with E-state index in [2.05, 4.69) is 0 Å². The molecule has 0 aromatic carbocycles. The molecule has 0 bridgehead atoms. The number of hydrogen-bond acceptors (Lipinski definition) is 6. The number of hydrogen-bond donors (Lipinski definition) is 4. The Kier molecular flexibility index (Phi) is 42.2. The van der Waals surface area contributed by atoms with E-state index in [1.807, 2.05) is 27.7 Å². The summed E-state index contributed by atoms with van der Waals surface area (Å²) in [6, 6.07) is 0. The molecule has 0 saturated carbocycles. The topological polar surface area (TPSA) is 127 Å². The molecule has 0 aliphatic rings. The third-order valence-electron chi connectivity index (χ3n) is 3.77. The maximum atomic E-state index is 9.53. The Morgan fingerprint density at radius 3 is 0.931 bits per heavy atom. The molecule has 0 aliphatic heterocycles. The number of aliphatic hydroxyl groups excluding tert-OH is 4. The molecule has 0 spiro atoms. The molecule has 0 fully saturated rings. The van der Waals surface area contributed by atoms with Crippen LogP contribution in [0.5, 0.6) is 0 Å². The van der Waals surface area contributed by atoms with Gasteiger partial charge in [0.2, 0.25) is 0 Å². The Morgan fingerprint density at radius 1 is 0.621 bits per heavy atom. The molecule has 0 aliphatic carbocycles. The molecule has 0 aromatic heterocycles. The SMILES string of the molecule is CC(C)[O-].CC(C)[O-].CCCC(O)C(CC)CO.CCCC(O)C(CC)CO.[Ti+2]. The second-order valence-electron chi connectivity index (χ2n) is 7.51. The first-order valence-corrected chi connectivity index (χ1v) is 10.9. The Balaban J connectivity index is -0.0000000950. The minimum Gasteiger partial charge on any atom is -0.852 e. The van der Waals surface area contributed by atoms with Gasteiger partial charge in [-0.2, -0.15) is 0 Å². The van der Waals surface area contributed by atoms with E-state index in [0.717, 1.165) is 38.5 Å². The molecular formula is C22H50O6Ti. The van der Waals surface area contributed by atoms with Crippen molar-refractivity contribution in [2.75, 3.05) is 13.2 Å². The molecule has 178 valence electrons. The predicted molar refractivity (Wildman–Crippen MR) is 114 cm³/mol. The van der Waals surface area contributed by atoms with Crippen molar-refractivity contribution in [3.63, 3.8) is 0 Å². The van der Waals surface area contributed by atoms with Gasteiger partial charge in [-0.25, -0.2) is 0 Å². The fraction of sp³-hybridized carbons (Fsp3) is 1.00. The molecular weight excluding hydrogens is 408 g/mol. The van der Waals surface area contributed by atoms with Crippen LogP contribution in [-0.4, -0.2) is 58.1 Å². The predicted octanol–water partition coefficient (Wildman–Crippen LogP) is 1.84. The van der Waals surface area contributed by atoms with Crippen molar-refractivity contribution in [3.8, 4) is 0 Å². The van der Waals surface area contributed by atoms with Gasteiger partial charge in [-0.15, -0.1) is 12.2 Å². The Hall–Kier alpha value is 0.474. The molecule has 7 heteroatoms. The molecule has 4 atom stereocenters. The van der Waals surface area contributed by atoms with Gasteiger partial charge in [-0.3, -0.25) is 0 Å². The summed E-state index contributed by atoms with van der Waals surface area (Å²) in [5, 5.41) is 55.3. The molecule has 0 heterocycles. The first kappa shape index (κ1) is 39.9. The van der Waals surface area contributed by atoms with Gasteiger partial charge in [0.15, 0.2) is 0 Å². The minimum absolute atomic E-state index is 0. The molecule has 0 radical (unpaired) electrons. The van der Waals surface area contributed by atoms with Crippen LogP contribution >= 0.6 is 0 Å². The van der Waals surface area contributed by atoms with Crippen LogP contribution in [0.15, 0.2) is 0 Å². The summed E-state index contributed by atoms with van der Waals surface area (Å²) < 4.78 is 0. The van der Waals surface area contributed by atoms with Crippen molar-refractivity contribution < 1.29 is 52.4 Å². The second kappa shape index (κ2) is 30.7. The fourth-order valence-electron chi connectivity index (χ4n) is 2.11. The van der Waals surface area contributed by atoms with Gasteiger partial charge in [-0.1, -0.05) is 68.2 Å². The summed E-state index contributed by atoms with van der Waals surface area (Å²) in [7, 11) is 0. The molecule has 29 heavy (non-hydrogen) atoms. The van der Waals surface area contributed by atoms with E-state index in [1.54, 1.807) is 27.7 Å². The van der Waals surface area contributed by atoms with E-state index in [4.69, 9.17) is 10.2 Å². The van der Waals surface area contributed by atoms with Crippen LogP contribution in [0.25, 0.3) is 0 Å². The average Bonchev–Trinajstić information content (AvgIpc) is 2.57.